The number of benzene rings is 1. The van der Waals surface area contributed by atoms with Gasteiger partial charge in [0.15, 0.2) is 0 Å². The Labute approximate surface area is 198 Å². The van der Waals surface area contributed by atoms with E-state index in [2.05, 4.69) is 38.2 Å². The highest BCUT2D eigenvalue weighted by Gasteiger charge is 2.51. The number of nitrogens with zero attached hydrogens (tertiary/aromatic N) is 1. The van der Waals surface area contributed by atoms with Crippen LogP contribution in [0.4, 0.5) is 5.69 Å². The quantitative estimate of drug-likeness (QED) is 0.556. The topological polar surface area (TPSA) is 66.5 Å². The second-order valence-corrected chi connectivity index (χ2v) is 15.2. The third-order valence-corrected chi connectivity index (χ3v) is 9.87. The summed E-state index contributed by atoms with van der Waals surface area (Å²) in [6.45, 7) is 6.76. The lowest BCUT2D eigenvalue weighted by Crippen LogP contribution is -2.48. The van der Waals surface area contributed by atoms with Crippen molar-refractivity contribution >= 4 is 33.4 Å². The van der Waals surface area contributed by atoms with Crippen molar-refractivity contribution in [2.75, 3.05) is 29.4 Å². The van der Waals surface area contributed by atoms with Gasteiger partial charge in [0.2, 0.25) is 15.9 Å². The maximum Gasteiger partial charge on any atom is 0.240 e. The van der Waals surface area contributed by atoms with Crippen LogP contribution in [0.5, 0.6) is 0 Å². The van der Waals surface area contributed by atoms with E-state index in [-0.39, 0.29) is 22.6 Å². The van der Waals surface area contributed by atoms with Crippen LogP contribution in [0, 0.1) is 17.8 Å². The zero-order valence-corrected chi connectivity index (χ0v) is 21.5. The summed E-state index contributed by atoms with van der Waals surface area (Å²) in [7, 11) is -3.56. The molecule has 0 aromatic heterocycles. The van der Waals surface area contributed by atoms with Crippen LogP contribution < -0.4 is 9.62 Å². The number of carbonyl (C=O) groups excluding carboxylic acids is 1. The minimum absolute atomic E-state index is 0.141. The molecule has 178 valence electrons. The summed E-state index contributed by atoms with van der Waals surface area (Å²) >= 11 is 1.77. The molecule has 0 spiro atoms. The second-order valence-electron chi connectivity index (χ2n) is 11.3. The molecule has 0 aliphatic heterocycles. The van der Waals surface area contributed by atoms with E-state index in [4.69, 9.17) is 0 Å². The molecule has 4 bridgehead atoms. The maximum atomic E-state index is 12.5. The molecule has 0 saturated heterocycles. The van der Waals surface area contributed by atoms with E-state index < -0.39 is 10.0 Å². The number of carbonyl (C=O) groups is 1. The van der Waals surface area contributed by atoms with Crippen LogP contribution in [0.15, 0.2) is 24.3 Å². The Morgan fingerprint density at radius 3 is 2.06 bits per heavy atom. The van der Waals surface area contributed by atoms with Crippen molar-refractivity contribution in [2.45, 2.75) is 69.5 Å². The van der Waals surface area contributed by atoms with Gasteiger partial charge >= 0.3 is 0 Å². The molecule has 1 N–H and O–H groups in total. The van der Waals surface area contributed by atoms with Gasteiger partial charge in [0.05, 0.1) is 11.9 Å². The van der Waals surface area contributed by atoms with Crippen molar-refractivity contribution in [1.82, 2.24) is 5.32 Å². The van der Waals surface area contributed by atoms with Gasteiger partial charge in [-0.3, -0.25) is 9.10 Å². The third kappa shape index (κ3) is 5.46. The van der Waals surface area contributed by atoms with Crippen molar-refractivity contribution in [2.24, 2.45) is 17.8 Å². The Kier molecular flexibility index (Phi) is 6.63. The number of thioether (sulfide) groups is 1. The average Bonchev–Trinajstić information content (AvgIpc) is 2.67. The van der Waals surface area contributed by atoms with E-state index in [1.165, 1.54) is 54.6 Å². The summed E-state index contributed by atoms with van der Waals surface area (Å²) in [6, 6.07) is 8.05. The van der Waals surface area contributed by atoms with Gasteiger partial charge in [-0.15, -0.1) is 0 Å². The van der Waals surface area contributed by atoms with Crippen molar-refractivity contribution in [1.29, 1.82) is 0 Å². The van der Waals surface area contributed by atoms with Gasteiger partial charge < -0.3 is 5.32 Å². The number of nitrogens with one attached hydrogen (secondary N) is 1. The van der Waals surface area contributed by atoms with E-state index >= 15 is 0 Å². The number of rotatable bonds is 8. The summed E-state index contributed by atoms with van der Waals surface area (Å²) in [4.78, 5) is 12.5. The lowest BCUT2D eigenvalue weighted by Gasteiger charge is -2.57. The van der Waals surface area contributed by atoms with Gasteiger partial charge in [-0.1, -0.05) is 32.9 Å². The first-order valence-electron chi connectivity index (χ1n) is 11.9. The van der Waals surface area contributed by atoms with Crippen LogP contribution in [-0.2, 0) is 20.2 Å². The standard InChI is InChI=1S/C25H38N2O3S2/c1-24(2,3)31-10-9-26-23(28)17-27(32(4,29)30)22-7-5-21(6-8-22)25-14-18-11-19(15-25)13-20(12-18)16-25/h5-8,18-20H,9-17H2,1-4H3,(H,26,28). The molecule has 0 unspecified atom stereocenters. The van der Waals surface area contributed by atoms with Crippen molar-refractivity contribution in [3.63, 3.8) is 0 Å². The number of sulfonamides is 1. The van der Waals surface area contributed by atoms with E-state index in [0.717, 1.165) is 23.5 Å². The number of hydrogen-bond donors (Lipinski definition) is 1. The molecule has 0 atom stereocenters. The summed E-state index contributed by atoms with van der Waals surface area (Å²) in [5.74, 6) is 3.14. The normalized spacial score (nSPS) is 29.2. The fourth-order valence-electron chi connectivity index (χ4n) is 6.58. The van der Waals surface area contributed by atoms with Gasteiger partial charge in [-0.05, 0) is 79.4 Å². The highest BCUT2D eigenvalue weighted by atomic mass is 32.2. The van der Waals surface area contributed by atoms with Crippen molar-refractivity contribution in [3.05, 3.63) is 29.8 Å². The molecule has 0 heterocycles. The van der Waals surface area contributed by atoms with Gasteiger partial charge in [0, 0.05) is 17.0 Å². The van der Waals surface area contributed by atoms with E-state index in [1.807, 2.05) is 12.1 Å². The maximum absolute atomic E-state index is 12.5. The second kappa shape index (κ2) is 8.86. The summed E-state index contributed by atoms with van der Waals surface area (Å²) < 4.78 is 26.3. The number of amides is 1. The summed E-state index contributed by atoms with van der Waals surface area (Å²) in [5.41, 5.74) is 2.21. The first kappa shape index (κ1) is 23.9. The number of hydrogen-bond acceptors (Lipinski definition) is 4. The molecule has 7 heteroatoms. The molecule has 1 amide bonds. The summed E-state index contributed by atoms with van der Waals surface area (Å²) in [5, 5.41) is 2.86. The van der Waals surface area contributed by atoms with E-state index in [0.29, 0.717) is 12.2 Å². The van der Waals surface area contributed by atoms with Crippen LogP contribution in [-0.4, -0.2) is 44.2 Å². The largest absolute Gasteiger partial charge is 0.354 e. The molecule has 4 saturated carbocycles. The van der Waals surface area contributed by atoms with Gasteiger partial charge in [0.25, 0.3) is 0 Å². The fraction of sp³-hybridized carbons (Fsp3) is 0.720. The Hall–Kier alpha value is -1.21. The van der Waals surface area contributed by atoms with Crippen molar-refractivity contribution in [3.8, 4) is 0 Å². The molecular weight excluding hydrogens is 440 g/mol. The molecule has 5 rings (SSSR count). The van der Waals surface area contributed by atoms with Crippen LogP contribution in [0.25, 0.3) is 0 Å². The lowest BCUT2D eigenvalue weighted by atomic mass is 9.48. The Morgan fingerprint density at radius 2 is 1.59 bits per heavy atom. The molecule has 4 aliphatic rings. The predicted molar refractivity (Wildman–Crippen MR) is 134 cm³/mol. The minimum Gasteiger partial charge on any atom is -0.354 e. The summed E-state index contributed by atoms with van der Waals surface area (Å²) in [6.07, 6.45) is 9.23. The first-order chi connectivity index (χ1) is 14.9. The predicted octanol–water partition coefficient (Wildman–Crippen LogP) is 4.57. The first-order valence-corrected chi connectivity index (χ1v) is 14.8. The molecule has 5 nitrogen and oxygen atoms in total. The lowest BCUT2D eigenvalue weighted by molar-refractivity contribution is -0.119. The smallest absolute Gasteiger partial charge is 0.240 e. The van der Waals surface area contributed by atoms with Crippen LogP contribution in [0.3, 0.4) is 0 Å². The molecule has 1 aromatic carbocycles. The van der Waals surface area contributed by atoms with Crippen LogP contribution in [0.2, 0.25) is 0 Å². The highest BCUT2D eigenvalue weighted by molar-refractivity contribution is 8.00. The SMILES string of the molecule is CC(C)(C)SCCNC(=O)CN(c1ccc(C23CC4CC(CC(C4)C2)C3)cc1)S(C)(=O)=O. The Balaban J connectivity index is 1.43. The fourth-order valence-corrected chi connectivity index (χ4v) is 8.25. The zero-order chi connectivity index (χ0) is 23.1. The Morgan fingerprint density at radius 1 is 1.06 bits per heavy atom. The average molecular weight is 479 g/mol. The molecule has 0 radical (unpaired) electrons. The zero-order valence-electron chi connectivity index (χ0n) is 19.9. The molecule has 1 aromatic rings. The molecule has 4 fully saturated rings. The van der Waals surface area contributed by atoms with E-state index in [9.17, 15) is 13.2 Å². The van der Waals surface area contributed by atoms with Gasteiger partial charge in [-0.25, -0.2) is 8.42 Å². The van der Waals surface area contributed by atoms with Crippen LogP contribution in [0.1, 0.15) is 64.9 Å². The van der Waals surface area contributed by atoms with Crippen LogP contribution >= 0.6 is 11.8 Å². The molecule has 32 heavy (non-hydrogen) atoms. The van der Waals surface area contributed by atoms with E-state index in [1.54, 1.807) is 11.8 Å². The minimum atomic E-state index is -3.56. The highest BCUT2D eigenvalue weighted by Crippen LogP contribution is 2.60. The monoisotopic (exact) mass is 478 g/mol. The molecule has 4 aliphatic carbocycles. The van der Waals surface area contributed by atoms with Gasteiger partial charge in [0.1, 0.15) is 6.54 Å². The third-order valence-electron chi connectivity index (χ3n) is 7.45. The van der Waals surface area contributed by atoms with Gasteiger partial charge in [-0.2, -0.15) is 11.8 Å². The van der Waals surface area contributed by atoms with Crippen molar-refractivity contribution < 1.29 is 13.2 Å². The Bertz CT molecular complexity index is 900. The molecular formula is C25H38N2O3S2. The number of anilines is 1.